The lowest BCUT2D eigenvalue weighted by Crippen LogP contribution is -2.52. The number of hydrogen-bond donors (Lipinski definition) is 0. The average molecular weight is 441 g/mol. The largest absolute Gasteiger partial charge is 0.481 e. The lowest BCUT2D eigenvalue weighted by Gasteiger charge is -2.31. The highest BCUT2D eigenvalue weighted by molar-refractivity contribution is 9.10. The van der Waals surface area contributed by atoms with Gasteiger partial charge in [0.2, 0.25) is 0 Å². The lowest BCUT2D eigenvalue weighted by atomic mass is 10.1. The maximum atomic E-state index is 12.4. The first-order valence-corrected chi connectivity index (χ1v) is 8.86. The summed E-state index contributed by atoms with van der Waals surface area (Å²) in [4.78, 5) is 38.8. The summed E-state index contributed by atoms with van der Waals surface area (Å²) >= 11 is 8.41. The number of likely N-dealkylation sites (N-methyl/N-ethyl adjacent to an activating group) is 2. The molecule has 1 aromatic carbocycles. The van der Waals surface area contributed by atoms with E-state index in [0.29, 0.717) is 11.3 Å². The van der Waals surface area contributed by atoms with Crippen LogP contribution in [0.2, 0.25) is 0 Å². The van der Waals surface area contributed by atoms with E-state index in [1.165, 1.54) is 30.0 Å². The third-order valence-corrected chi connectivity index (χ3v) is 4.61. The zero-order valence-corrected chi connectivity index (χ0v) is 16.8. The van der Waals surface area contributed by atoms with Crippen LogP contribution in [0.1, 0.15) is 12.5 Å². The van der Waals surface area contributed by atoms with E-state index in [0.717, 1.165) is 4.47 Å². The number of carbonyl (C=O) groups excluding carboxylic acids is 3. The fraction of sp³-hybridized carbons (Fsp3) is 0.294. The molecular weight excluding hydrogens is 424 g/mol. The Balaban J connectivity index is 2.37. The van der Waals surface area contributed by atoms with Crippen molar-refractivity contribution in [3.8, 4) is 5.75 Å². The molecule has 1 aliphatic rings. The van der Waals surface area contributed by atoms with Crippen molar-refractivity contribution in [3.63, 3.8) is 0 Å². The first kappa shape index (κ1) is 20.1. The zero-order chi connectivity index (χ0) is 19.4. The predicted molar refractivity (Wildman–Crippen MR) is 102 cm³/mol. The second-order valence-corrected chi connectivity index (χ2v) is 6.63. The molecule has 0 aliphatic carbocycles. The van der Waals surface area contributed by atoms with Gasteiger partial charge in [0.1, 0.15) is 11.3 Å². The molecule has 0 atom stereocenters. The van der Waals surface area contributed by atoms with E-state index in [9.17, 15) is 14.4 Å². The van der Waals surface area contributed by atoms with Gasteiger partial charge in [-0.15, -0.1) is 0 Å². The molecule has 1 aliphatic heterocycles. The summed E-state index contributed by atoms with van der Waals surface area (Å²) in [6, 6.07) is 5.03. The summed E-state index contributed by atoms with van der Waals surface area (Å²) in [7, 11) is 3.00. The Hall–Kier alpha value is -2.26. The van der Waals surface area contributed by atoms with Gasteiger partial charge in [-0.25, -0.2) is 4.79 Å². The molecule has 138 valence electrons. The minimum Gasteiger partial charge on any atom is -0.481 e. The van der Waals surface area contributed by atoms with Crippen LogP contribution in [0.4, 0.5) is 0 Å². The van der Waals surface area contributed by atoms with Crippen LogP contribution >= 0.6 is 28.1 Å². The number of benzene rings is 1. The third-order valence-electron chi connectivity index (χ3n) is 3.57. The predicted octanol–water partition coefficient (Wildman–Crippen LogP) is 1.99. The Labute approximate surface area is 164 Å². The molecule has 2 rings (SSSR count). The summed E-state index contributed by atoms with van der Waals surface area (Å²) in [6.07, 6.45) is 1.42. The number of hydrogen-bond acceptors (Lipinski definition) is 6. The van der Waals surface area contributed by atoms with Crippen LogP contribution in [0.15, 0.2) is 28.2 Å². The Kier molecular flexibility index (Phi) is 6.49. The molecule has 0 N–H and O–H groups in total. The Morgan fingerprint density at radius 2 is 1.85 bits per heavy atom. The zero-order valence-electron chi connectivity index (χ0n) is 14.4. The molecule has 9 heteroatoms. The van der Waals surface area contributed by atoms with Crippen LogP contribution in [0.3, 0.4) is 0 Å². The fourth-order valence-corrected chi connectivity index (χ4v) is 2.78. The summed E-state index contributed by atoms with van der Waals surface area (Å²) in [6.45, 7) is 1.67. The summed E-state index contributed by atoms with van der Waals surface area (Å²) in [5.41, 5.74) is 0.415. The number of amides is 2. The van der Waals surface area contributed by atoms with Gasteiger partial charge in [0, 0.05) is 24.1 Å². The first-order valence-electron chi connectivity index (χ1n) is 7.66. The molecule has 0 spiro atoms. The molecule has 0 saturated carbocycles. The Morgan fingerprint density at radius 3 is 2.42 bits per heavy atom. The highest BCUT2D eigenvalue weighted by Crippen LogP contribution is 2.27. The number of rotatable bonds is 5. The maximum absolute atomic E-state index is 12.4. The highest BCUT2D eigenvalue weighted by Gasteiger charge is 2.35. The van der Waals surface area contributed by atoms with Gasteiger partial charge in [-0.3, -0.25) is 19.4 Å². The van der Waals surface area contributed by atoms with Gasteiger partial charge in [-0.1, -0.05) is 15.9 Å². The standard InChI is InChI=1S/C17H17BrN2O5S/c1-4-24-14(21)9-25-13-6-5-11(18)7-10(13)8-12-15(22)19(2)17(26)20(3)16(12)23/h5-8H,4,9H2,1-3H3. The molecule has 0 bridgehead atoms. The van der Waals surface area contributed by atoms with Crippen molar-refractivity contribution < 1.29 is 23.9 Å². The van der Waals surface area contributed by atoms with E-state index < -0.39 is 17.8 Å². The Bertz CT molecular complexity index is 782. The van der Waals surface area contributed by atoms with Crippen molar-refractivity contribution in [1.29, 1.82) is 0 Å². The molecule has 2 amide bonds. The van der Waals surface area contributed by atoms with E-state index in [4.69, 9.17) is 21.7 Å². The van der Waals surface area contributed by atoms with Crippen LogP contribution in [-0.4, -0.2) is 60.0 Å². The third kappa shape index (κ3) is 4.28. The summed E-state index contributed by atoms with van der Waals surface area (Å²) < 4.78 is 11.0. The Morgan fingerprint density at radius 1 is 1.23 bits per heavy atom. The van der Waals surface area contributed by atoms with Gasteiger partial charge >= 0.3 is 5.97 Å². The molecule has 7 nitrogen and oxygen atoms in total. The SMILES string of the molecule is CCOC(=O)COc1ccc(Br)cc1C=C1C(=O)N(C)C(=S)N(C)C1=O. The van der Waals surface area contributed by atoms with E-state index in [-0.39, 0.29) is 23.9 Å². The molecular formula is C17H17BrN2O5S. The molecule has 0 aromatic heterocycles. The number of carbonyl (C=O) groups is 3. The van der Waals surface area contributed by atoms with Crippen LogP contribution in [-0.2, 0) is 19.1 Å². The van der Waals surface area contributed by atoms with E-state index >= 15 is 0 Å². The van der Waals surface area contributed by atoms with Gasteiger partial charge in [0.05, 0.1) is 6.61 Å². The van der Waals surface area contributed by atoms with Gasteiger partial charge in [0.15, 0.2) is 11.7 Å². The average Bonchev–Trinajstić information content (AvgIpc) is 2.61. The molecule has 1 saturated heterocycles. The number of nitrogens with zero attached hydrogens (tertiary/aromatic N) is 2. The molecule has 1 fully saturated rings. The molecule has 1 aromatic rings. The smallest absolute Gasteiger partial charge is 0.344 e. The number of ether oxygens (including phenoxy) is 2. The van der Waals surface area contributed by atoms with Gasteiger partial charge < -0.3 is 9.47 Å². The lowest BCUT2D eigenvalue weighted by molar-refractivity contribution is -0.145. The highest BCUT2D eigenvalue weighted by atomic mass is 79.9. The van der Waals surface area contributed by atoms with Crippen molar-refractivity contribution in [2.45, 2.75) is 6.92 Å². The monoisotopic (exact) mass is 440 g/mol. The van der Waals surface area contributed by atoms with Gasteiger partial charge in [-0.05, 0) is 43.4 Å². The van der Waals surface area contributed by atoms with Crippen molar-refractivity contribution in [2.75, 3.05) is 27.3 Å². The first-order chi connectivity index (χ1) is 12.3. The number of esters is 1. The molecule has 1 heterocycles. The topological polar surface area (TPSA) is 76.2 Å². The van der Waals surface area contributed by atoms with Crippen molar-refractivity contribution in [3.05, 3.63) is 33.8 Å². The van der Waals surface area contributed by atoms with Crippen molar-refractivity contribution in [2.24, 2.45) is 0 Å². The van der Waals surface area contributed by atoms with E-state index in [2.05, 4.69) is 15.9 Å². The van der Waals surface area contributed by atoms with Crippen molar-refractivity contribution >= 4 is 57.1 Å². The maximum Gasteiger partial charge on any atom is 0.344 e. The summed E-state index contributed by atoms with van der Waals surface area (Å²) in [5, 5.41) is 0.130. The van der Waals surface area contributed by atoms with Crippen LogP contribution in [0.25, 0.3) is 6.08 Å². The van der Waals surface area contributed by atoms with Crippen LogP contribution in [0, 0.1) is 0 Å². The number of halogens is 1. The molecule has 26 heavy (non-hydrogen) atoms. The quantitative estimate of drug-likeness (QED) is 0.301. The van der Waals surface area contributed by atoms with Gasteiger partial charge in [-0.2, -0.15) is 0 Å². The molecule has 0 unspecified atom stereocenters. The van der Waals surface area contributed by atoms with Crippen LogP contribution < -0.4 is 4.74 Å². The number of thiocarbonyl (C=S) groups is 1. The van der Waals surface area contributed by atoms with Crippen molar-refractivity contribution in [1.82, 2.24) is 9.80 Å². The second-order valence-electron chi connectivity index (χ2n) is 5.34. The van der Waals surface area contributed by atoms with Crippen LogP contribution in [0.5, 0.6) is 5.75 Å². The fourth-order valence-electron chi connectivity index (χ4n) is 2.23. The van der Waals surface area contributed by atoms with E-state index in [1.54, 1.807) is 25.1 Å². The normalized spacial score (nSPS) is 14.6. The molecule has 0 radical (unpaired) electrons. The second kappa shape index (κ2) is 8.41. The van der Waals surface area contributed by atoms with E-state index in [1.807, 2.05) is 0 Å². The minimum absolute atomic E-state index is 0.0531. The van der Waals surface area contributed by atoms with Gasteiger partial charge in [0.25, 0.3) is 11.8 Å². The summed E-state index contributed by atoms with van der Waals surface area (Å²) in [5.74, 6) is -1.18. The minimum atomic E-state index is -0.511.